The summed E-state index contributed by atoms with van der Waals surface area (Å²) in [5, 5.41) is 14.0. The normalized spacial score (nSPS) is 15.5. The van der Waals surface area contributed by atoms with Crippen molar-refractivity contribution in [2.45, 2.75) is 38.9 Å². The number of aliphatic imine (C=N–C) groups is 1. The molecule has 0 saturated carbocycles. The molecule has 0 bridgehead atoms. The van der Waals surface area contributed by atoms with Gasteiger partial charge in [0, 0.05) is 38.4 Å². The molecule has 1 aliphatic heterocycles. The summed E-state index contributed by atoms with van der Waals surface area (Å²) < 4.78 is 5.33. The SMILES string of the molecule is CCNC(=NCc1nc(-c2ccco2)n[nH]1)NC1CCN(Cc2ccccn2)CC1.I. The van der Waals surface area contributed by atoms with Crippen LogP contribution >= 0.6 is 24.0 Å². The molecule has 1 aliphatic rings. The molecule has 10 heteroatoms. The minimum absolute atomic E-state index is 0. The number of H-pyrrole nitrogens is 1. The highest BCUT2D eigenvalue weighted by atomic mass is 127. The fourth-order valence-corrected chi connectivity index (χ4v) is 3.51. The first-order valence-electron chi connectivity index (χ1n) is 10.4. The quantitative estimate of drug-likeness (QED) is 0.242. The molecule has 9 nitrogen and oxygen atoms in total. The van der Waals surface area contributed by atoms with E-state index in [0.717, 1.165) is 50.7 Å². The third-order valence-electron chi connectivity index (χ3n) is 5.04. The highest BCUT2D eigenvalue weighted by Crippen LogP contribution is 2.15. The van der Waals surface area contributed by atoms with Gasteiger partial charge in [-0.1, -0.05) is 6.07 Å². The second-order valence-electron chi connectivity index (χ2n) is 7.29. The number of piperidine rings is 1. The first kappa shape index (κ1) is 23.2. The lowest BCUT2D eigenvalue weighted by molar-refractivity contribution is 0.196. The minimum Gasteiger partial charge on any atom is -0.461 e. The predicted octanol–water partition coefficient (Wildman–Crippen LogP) is 2.80. The lowest BCUT2D eigenvalue weighted by Gasteiger charge is -2.32. The lowest BCUT2D eigenvalue weighted by Crippen LogP contribution is -2.48. The summed E-state index contributed by atoms with van der Waals surface area (Å²) in [6, 6.07) is 10.1. The van der Waals surface area contributed by atoms with Crippen molar-refractivity contribution in [3.63, 3.8) is 0 Å². The van der Waals surface area contributed by atoms with E-state index in [0.29, 0.717) is 30.0 Å². The Labute approximate surface area is 199 Å². The molecule has 0 radical (unpaired) electrons. The Kier molecular flexibility index (Phi) is 8.83. The molecule has 0 unspecified atom stereocenters. The number of likely N-dealkylation sites (tertiary alicyclic amines) is 1. The fourth-order valence-electron chi connectivity index (χ4n) is 3.51. The van der Waals surface area contributed by atoms with Crippen LogP contribution in [0.3, 0.4) is 0 Å². The Morgan fingerprint density at radius 1 is 1.26 bits per heavy atom. The van der Waals surface area contributed by atoms with Crippen molar-refractivity contribution in [1.29, 1.82) is 0 Å². The number of halogens is 1. The molecule has 3 aromatic heterocycles. The molecule has 0 atom stereocenters. The Balaban J connectivity index is 0.00000272. The zero-order chi connectivity index (χ0) is 20.6. The third kappa shape index (κ3) is 6.76. The second-order valence-corrected chi connectivity index (χ2v) is 7.29. The smallest absolute Gasteiger partial charge is 0.216 e. The molecule has 3 N–H and O–H groups in total. The molecule has 1 fully saturated rings. The van der Waals surface area contributed by atoms with Crippen LogP contribution in [0.2, 0.25) is 0 Å². The van der Waals surface area contributed by atoms with E-state index >= 15 is 0 Å². The predicted molar refractivity (Wildman–Crippen MR) is 130 cm³/mol. The summed E-state index contributed by atoms with van der Waals surface area (Å²) in [6.45, 7) is 6.28. The molecular formula is C21H29IN8O. The zero-order valence-corrected chi connectivity index (χ0v) is 20.0. The largest absolute Gasteiger partial charge is 0.461 e. The lowest BCUT2D eigenvalue weighted by atomic mass is 10.0. The molecule has 166 valence electrons. The van der Waals surface area contributed by atoms with Gasteiger partial charge in [-0.2, -0.15) is 0 Å². The molecule has 0 aromatic carbocycles. The topological polar surface area (TPSA) is 107 Å². The van der Waals surface area contributed by atoms with E-state index in [1.807, 2.05) is 30.5 Å². The Morgan fingerprint density at radius 2 is 2.13 bits per heavy atom. The number of aromatic amines is 1. The van der Waals surface area contributed by atoms with E-state index in [9.17, 15) is 0 Å². The number of nitrogens with one attached hydrogen (secondary N) is 3. The van der Waals surface area contributed by atoms with Crippen molar-refractivity contribution >= 4 is 29.9 Å². The molecule has 1 saturated heterocycles. The highest BCUT2D eigenvalue weighted by molar-refractivity contribution is 14.0. The first-order valence-corrected chi connectivity index (χ1v) is 10.4. The van der Waals surface area contributed by atoms with Crippen LogP contribution in [0.4, 0.5) is 0 Å². The van der Waals surface area contributed by atoms with Crippen LogP contribution in [0.15, 0.2) is 52.2 Å². The van der Waals surface area contributed by atoms with Crippen LogP contribution in [0.5, 0.6) is 0 Å². The Hall–Kier alpha value is -2.47. The van der Waals surface area contributed by atoms with Crippen molar-refractivity contribution in [2.24, 2.45) is 4.99 Å². The van der Waals surface area contributed by atoms with Gasteiger partial charge in [0.2, 0.25) is 5.82 Å². The molecule has 3 aromatic rings. The number of nitrogens with zero attached hydrogens (tertiary/aromatic N) is 5. The van der Waals surface area contributed by atoms with Crippen molar-refractivity contribution in [3.8, 4) is 11.6 Å². The second kappa shape index (κ2) is 11.8. The number of guanidine groups is 1. The molecule has 0 spiro atoms. The van der Waals surface area contributed by atoms with Gasteiger partial charge in [0.15, 0.2) is 11.7 Å². The van der Waals surface area contributed by atoms with Crippen LogP contribution in [-0.4, -0.2) is 56.7 Å². The number of furan rings is 1. The molecule has 4 heterocycles. The maximum absolute atomic E-state index is 5.33. The maximum atomic E-state index is 5.33. The van der Waals surface area contributed by atoms with Crippen molar-refractivity contribution in [3.05, 3.63) is 54.3 Å². The molecular weight excluding hydrogens is 507 g/mol. The summed E-state index contributed by atoms with van der Waals surface area (Å²) in [5.74, 6) is 2.69. The number of rotatable bonds is 7. The van der Waals surface area contributed by atoms with Gasteiger partial charge in [0.05, 0.1) is 12.0 Å². The van der Waals surface area contributed by atoms with E-state index in [2.05, 4.69) is 53.7 Å². The maximum Gasteiger partial charge on any atom is 0.216 e. The molecule has 0 aliphatic carbocycles. The summed E-state index contributed by atoms with van der Waals surface area (Å²) in [4.78, 5) is 16.0. The summed E-state index contributed by atoms with van der Waals surface area (Å²) in [6.07, 6.45) is 5.61. The number of pyridine rings is 1. The fraction of sp³-hybridized carbons (Fsp3) is 0.429. The van der Waals surface area contributed by atoms with Crippen molar-refractivity contribution < 1.29 is 4.42 Å². The standard InChI is InChI=1S/C21H28N8O.HI/c1-2-22-21(24-14-19-26-20(28-27-19)18-7-5-13-30-18)25-16-8-11-29(12-9-16)15-17-6-3-4-10-23-17;/h3-7,10,13,16H,2,8-9,11-12,14-15H2,1H3,(H2,22,24,25)(H,26,27,28);1H. The van der Waals surface area contributed by atoms with Gasteiger partial charge < -0.3 is 15.1 Å². The van der Waals surface area contributed by atoms with Crippen LogP contribution < -0.4 is 10.6 Å². The van der Waals surface area contributed by atoms with Crippen molar-refractivity contribution in [1.82, 2.24) is 35.7 Å². The van der Waals surface area contributed by atoms with Gasteiger partial charge >= 0.3 is 0 Å². The summed E-state index contributed by atoms with van der Waals surface area (Å²) >= 11 is 0. The van der Waals surface area contributed by atoms with Gasteiger partial charge in [0.25, 0.3) is 0 Å². The number of aromatic nitrogens is 4. The molecule has 4 rings (SSSR count). The molecule has 0 amide bonds. The van der Waals surface area contributed by atoms with Crippen LogP contribution in [0.1, 0.15) is 31.3 Å². The monoisotopic (exact) mass is 536 g/mol. The number of hydrogen-bond acceptors (Lipinski definition) is 6. The third-order valence-corrected chi connectivity index (χ3v) is 5.04. The van der Waals surface area contributed by atoms with E-state index in [-0.39, 0.29) is 24.0 Å². The van der Waals surface area contributed by atoms with Crippen LogP contribution in [-0.2, 0) is 13.1 Å². The zero-order valence-electron chi connectivity index (χ0n) is 17.6. The Morgan fingerprint density at radius 3 is 2.84 bits per heavy atom. The molecule has 31 heavy (non-hydrogen) atoms. The van der Waals surface area contributed by atoms with E-state index in [1.165, 1.54) is 0 Å². The summed E-state index contributed by atoms with van der Waals surface area (Å²) in [5.41, 5.74) is 1.12. The van der Waals surface area contributed by atoms with Gasteiger partial charge in [-0.25, -0.2) is 9.98 Å². The average Bonchev–Trinajstić information content (AvgIpc) is 3.46. The van der Waals surface area contributed by atoms with Gasteiger partial charge in [-0.3, -0.25) is 15.0 Å². The van der Waals surface area contributed by atoms with Crippen molar-refractivity contribution in [2.75, 3.05) is 19.6 Å². The minimum atomic E-state index is 0. The van der Waals surface area contributed by atoms with Gasteiger partial charge in [-0.05, 0) is 44.0 Å². The first-order chi connectivity index (χ1) is 14.8. The van der Waals surface area contributed by atoms with Gasteiger partial charge in [0.1, 0.15) is 12.4 Å². The van der Waals surface area contributed by atoms with E-state index < -0.39 is 0 Å². The van der Waals surface area contributed by atoms with E-state index in [4.69, 9.17) is 4.42 Å². The van der Waals surface area contributed by atoms with E-state index in [1.54, 1.807) is 6.26 Å². The highest BCUT2D eigenvalue weighted by Gasteiger charge is 2.20. The Bertz CT molecular complexity index is 920. The van der Waals surface area contributed by atoms with Crippen LogP contribution in [0, 0.1) is 0 Å². The average molecular weight is 536 g/mol. The van der Waals surface area contributed by atoms with Crippen LogP contribution in [0.25, 0.3) is 11.6 Å². The summed E-state index contributed by atoms with van der Waals surface area (Å²) in [7, 11) is 0. The van der Waals surface area contributed by atoms with Gasteiger partial charge in [-0.15, -0.1) is 29.1 Å². The number of hydrogen-bond donors (Lipinski definition) is 3.